The molecule has 3 aromatic heterocycles. The van der Waals surface area contributed by atoms with E-state index in [1.807, 2.05) is 12.1 Å². The van der Waals surface area contributed by atoms with Crippen LogP contribution in [0.3, 0.4) is 0 Å². The minimum Gasteiger partial charge on any atom is -0.349 e. The van der Waals surface area contributed by atoms with Crippen LogP contribution in [0.25, 0.3) is 5.95 Å². The monoisotopic (exact) mass is 327 g/mol. The van der Waals surface area contributed by atoms with Crippen molar-refractivity contribution in [1.29, 1.82) is 0 Å². The molecular weight excluding hydrogens is 321 g/mol. The Balaban J connectivity index is 1.79. The number of hydrogen-bond donors (Lipinski definition) is 1. The second-order valence-electron chi connectivity index (χ2n) is 3.63. The lowest BCUT2D eigenvalue weighted by molar-refractivity contribution is 0.793. The largest absolute Gasteiger partial charge is 0.349 e. The summed E-state index contributed by atoms with van der Waals surface area (Å²) in [4.78, 5) is 17.1. The van der Waals surface area contributed by atoms with Crippen molar-refractivity contribution >= 4 is 40.5 Å². The lowest BCUT2D eigenvalue weighted by atomic mass is 10.5. The molecule has 0 aliphatic carbocycles. The molecule has 0 unspecified atom stereocenters. The molecule has 1 N–H and O–H groups in total. The molecule has 0 atom stereocenters. The van der Waals surface area contributed by atoms with Crippen LogP contribution in [0.4, 0.5) is 5.95 Å². The van der Waals surface area contributed by atoms with Gasteiger partial charge in [0.25, 0.3) is 5.95 Å². The highest BCUT2D eigenvalue weighted by molar-refractivity contribution is 7.16. The quantitative estimate of drug-likeness (QED) is 0.792. The third-order valence-electron chi connectivity index (χ3n) is 2.27. The standard InChI is InChI=1S/C10H7Cl2N7S/c11-7-2-1-6(20-7)3-14-9-16-8(12)17-10(18-9)19-5-13-4-15-19/h1-2,4-5H,3H2,(H,14,16,17,18). The second kappa shape index (κ2) is 5.70. The highest BCUT2D eigenvalue weighted by atomic mass is 35.5. The average molecular weight is 328 g/mol. The fraction of sp³-hybridized carbons (Fsp3) is 0.100. The van der Waals surface area contributed by atoms with E-state index in [0.29, 0.717) is 18.4 Å². The van der Waals surface area contributed by atoms with E-state index in [0.717, 1.165) is 9.21 Å². The van der Waals surface area contributed by atoms with Gasteiger partial charge >= 0.3 is 0 Å². The van der Waals surface area contributed by atoms with Crippen molar-refractivity contribution < 1.29 is 0 Å². The van der Waals surface area contributed by atoms with Gasteiger partial charge in [-0.15, -0.1) is 11.3 Å². The molecule has 3 heterocycles. The number of rotatable bonds is 4. The average Bonchev–Trinajstić information content (AvgIpc) is 3.07. The first kappa shape index (κ1) is 13.2. The Kier molecular flexibility index (Phi) is 3.77. The predicted octanol–water partition coefficient (Wildman–Crippen LogP) is 2.43. The van der Waals surface area contributed by atoms with E-state index in [4.69, 9.17) is 23.2 Å². The molecule has 7 nitrogen and oxygen atoms in total. The van der Waals surface area contributed by atoms with Gasteiger partial charge in [-0.1, -0.05) is 11.6 Å². The third-order valence-corrected chi connectivity index (χ3v) is 3.67. The number of anilines is 1. The van der Waals surface area contributed by atoms with Crippen LogP contribution in [-0.2, 0) is 6.54 Å². The first-order valence-corrected chi connectivity index (χ1v) is 7.02. The minimum absolute atomic E-state index is 0.0808. The van der Waals surface area contributed by atoms with Gasteiger partial charge < -0.3 is 5.32 Å². The van der Waals surface area contributed by atoms with Gasteiger partial charge in [-0.2, -0.15) is 24.7 Å². The number of nitrogens with one attached hydrogen (secondary N) is 1. The van der Waals surface area contributed by atoms with Gasteiger partial charge in [0, 0.05) is 4.88 Å². The normalized spacial score (nSPS) is 10.7. The molecule has 0 fully saturated rings. The van der Waals surface area contributed by atoms with Crippen molar-refractivity contribution in [2.45, 2.75) is 6.54 Å². The summed E-state index contributed by atoms with van der Waals surface area (Å²) < 4.78 is 2.14. The highest BCUT2D eigenvalue weighted by Crippen LogP contribution is 2.22. The molecule has 0 aliphatic rings. The number of nitrogens with zero attached hydrogens (tertiary/aromatic N) is 6. The summed E-state index contributed by atoms with van der Waals surface area (Å²) in [7, 11) is 0. The maximum Gasteiger partial charge on any atom is 0.258 e. The van der Waals surface area contributed by atoms with Gasteiger partial charge in [0.05, 0.1) is 10.9 Å². The lowest BCUT2D eigenvalue weighted by Gasteiger charge is -2.05. The molecule has 0 radical (unpaired) electrons. The summed E-state index contributed by atoms with van der Waals surface area (Å²) >= 11 is 13.2. The van der Waals surface area contributed by atoms with Crippen LogP contribution >= 0.6 is 34.5 Å². The highest BCUT2D eigenvalue weighted by Gasteiger charge is 2.07. The van der Waals surface area contributed by atoms with Crippen LogP contribution in [0.5, 0.6) is 0 Å². The smallest absolute Gasteiger partial charge is 0.258 e. The number of aromatic nitrogens is 6. The predicted molar refractivity (Wildman–Crippen MR) is 76.4 cm³/mol. The maximum absolute atomic E-state index is 5.87. The van der Waals surface area contributed by atoms with Gasteiger partial charge in [-0.05, 0) is 23.7 Å². The summed E-state index contributed by atoms with van der Waals surface area (Å²) in [6, 6.07) is 3.77. The Morgan fingerprint density at radius 2 is 2.10 bits per heavy atom. The molecule has 20 heavy (non-hydrogen) atoms. The van der Waals surface area contributed by atoms with Crippen LogP contribution in [-0.4, -0.2) is 29.7 Å². The lowest BCUT2D eigenvalue weighted by Crippen LogP contribution is -2.08. The van der Waals surface area contributed by atoms with Gasteiger partial charge in [0.2, 0.25) is 11.2 Å². The summed E-state index contributed by atoms with van der Waals surface area (Å²) in [5.41, 5.74) is 0. The second-order valence-corrected chi connectivity index (χ2v) is 5.77. The molecule has 0 bridgehead atoms. The fourth-order valence-electron chi connectivity index (χ4n) is 1.45. The zero-order valence-corrected chi connectivity index (χ0v) is 12.2. The van der Waals surface area contributed by atoms with E-state index >= 15 is 0 Å². The van der Waals surface area contributed by atoms with Crippen molar-refractivity contribution in [3.8, 4) is 5.95 Å². The molecule has 0 saturated heterocycles. The van der Waals surface area contributed by atoms with Crippen LogP contribution < -0.4 is 5.32 Å². The third kappa shape index (κ3) is 3.03. The number of halogens is 2. The Morgan fingerprint density at radius 1 is 1.20 bits per heavy atom. The van der Waals surface area contributed by atoms with Crippen molar-refractivity contribution in [2.75, 3.05) is 5.32 Å². The number of thiophene rings is 1. The van der Waals surface area contributed by atoms with E-state index in [1.54, 1.807) is 0 Å². The van der Waals surface area contributed by atoms with Crippen molar-refractivity contribution in [3.05, 3.63) is 39.3 Å². The van der Waals surface area contributed by atoms with Crippen LogP contribution in [0.15, 0.2) is 24.8 Å². The van der Waals surface area contributed by atoms with Crippen LogP contribution in [0, 0.1) is 0 Å². The van der Waals surface area contributed by atoms with E-state index in [2.05, 4.69) is 30.4 Å². The van der Waals surface area contributed by atoms with Crippen molar-refractivity contribution in [3.63, 3.8) is 0 Å². The van der Waals surface area contributed by atoms with Crippen molar-refractivity contribution in [1.82, 2.24) is 29.7 Å². The summed E-state index contributed by atoms with van der Waals surface area (Å²) in [6.45, 7) is 0.550. The number of hydrogen-bond acceptors (Lipinski definition) is 7. The van der Waals surface area contributed by atoms with Crippen LogP contribution in [0.1, 0.15) is 4.88 Å². The SMILES string of the molecule is Clc1nc(NCc2ccc(Cl)s2)nc(-n2cncn2)n1. The Hall–Kier alpha value is -1.77. The van der Waals surface area contributed by atoms with Crippen molar-refractivity contribution in [2.24, 2.45) is 0 Å². The van der Waals surface area contributed by atoms with Crippen LogP contribution in [0.2, 0.25) is 9.62 Å². The maximum atomic E-state index is 5.87. The minimum atomic E-state index is 0.0808. The van der Waals surface area contributed by atoms with Gasteiger partial charge in [-0.3, -0.25) is 0 Å². The van der Waals surface area contributed by atoms with E-state index in [-0.39, 0.29) is 5.28 Å². The molecule has 0 amide bonds. The summed E-state index contributed by atoms with van der Waals surface area (Å²) in [5.74, 6) is 0.661. The molecule has 3 aromatic rings. The molecule has 10 heteroatoms. The summed E-state index contributed by atoms with van der Waals surface area (Å²) in [5, 5.41) is 7.08. The molecule has 102 valence electrons. The first-order chi connectivity index (χ1) is 9.70. The molecular formula is C10H7Cl2N7S. The Morgan fingerprint density at radius 3 is 2.80 bits per heavy atom. The Bertz CT molecular complexity index is 712. The zero-order chi connectivity index (χ0) is 13.9. The first-order valence-electron chi connectivity index (χ1n) is 5.45. The summed E-state index contributed by atoms with van der Waals surface area (Å²) in [6.07, 6.45) is 2.87. The van der Waals surface area contributed by atoms with E-state index in [9.17, 15) is 0 Å². The zero-order valence-electron chi connectivity index (χ0n) is 9.86. The fourth-order valence-corrected chi connectivity index (χ4v) is 2.63. The molecule has 0 saturated carbocycles. The topological polar surface area (TPSA) is 81.4 Å². The molecule has 0 aromatic carbocycles. The van der Waals surface area contributed by atoms with E-state index in [1.165, 1.54) is 28.7 Å². The van der Waals surface area contributed by atoms with Gasteiger partial charge in [0.1, 0.15) is 12.7 Å². The molecule has 3 rings (SSSR count). The van der Waals surface area contributed by atoms with Gasteiger partial charge in [-0.25, -0.2) is 4.98 Å². The molecule has 0 aliphatic heterocycles. The Labute approximate surface area is 127 Å². The van der Waals surface area contributed by atoms with E-state index < -0.39 is 0 Å². The molecule has 0 spiro atoms. The van der Waals surface area contributed by atoms with Gasteiger partial charge in [0.15, 0.2) is 0 Å².